The van der Waals surface area contributed by atoms with Gasteiger partial charge in [-0.2, -0.15) is 0 Å². The molecule has 0 amide bonds. The van der Waals surface area contributed by atoms with Crippen LogP contribution in [0.2, 0.25) is 0 Å². The summed E-state index contributed by atoms with van der Waals surface area (Å²) < 4.78 is 11.2. The second-order valence-corrected chi connectivity index (χ2v) is 8.22. The Bertz CT molecular complexity index is 994. The van der Waals surface area contributed by atoms with Crippen molar-refractivity contribution < 1.29 is 24.2 Å². The summed E-state index contributed by atoms with van der Waals surface area (Å²) in [5, 5.41) is 12.8. The van der Waals surface area contributed by atoms with Crippen LogP contribution < -0.4 is 5.32 Å². The standard InChI is InChI=1S/C16H18O2.C9H10O.C2H7N.C2H4O2/c1-17-11-13-9-10-16(18-13)15-8-4-6-12-5-2-3-7-14(12)15;1-8-2-4-9(5-3-8)6-7-10;1-3-2;1-2(3)4/h2-8,13,16H,9-11H2,1H3;2-5,7H,6H2,1H3;3H,1-2H3;1H3,(H,3,4)/t13-,16+;;;/m0.../s1. The maximum absolute atomic E-state index is 10.1. The van der Waals surface area contributed by atoms with Gasteiger partial charge < -0.3 is 24.7 Å². The van der Waals surface area contributed by atoms with Crippen LogP contribution in [-0.2, 0) is 25.5 Å². The Hall–Kier alpha value is -3.06. The van der Waals surface area contributed by atoms with Gasteiger partial charge in [0.25, 0.3) is 5.97 Å². The molecular formula is C29H39NO5. The number of carboxylic acid groups (broad SMARTS) is 1. The maximum Gasteiger partial charge on any atom is 0.300 e. The molecule has 2 atom stereocenters. The first kappa shape index (κ1) is 30.0. The van der Waals surface area contributed by atoms with Gasteiger partial charge in [-0.25, -0.2) is 0 Å². The first-order valence-electron chi connectivity index (χ1n) is 11.7. The minimum Gasteiger partial charge on any atom is -0.481 e. The highest BCUT2D eigenvalue weighted by molar-refractivity contribution is 5.86. The summed E-state index contributed by atoms with van der Waals surface area (Å²) in [5.41, 5.74) is 3.63. The van der Waals surface area contributed by atoms with Crippen molar-refractivity contribution in [2.24, 2.45) is 0 Å². The van der Waals surface area contributed by atoms with Crippen molar-refractivity contribution in [2.45, 2.75) is 45.3 Å². The molecule has 0 spiro atoms. The normalized spacial score (nSPS) is 16.0. The molecule has 190 valence electrons. The van der Waals surface area contributed by atoms with Gasteiger partial charge in [0, 0.05) is 20.5 Å². The number of rotatable bonds is 5. The number of carbonyl (C=O) groups excluding carboxylic acids is 1. The van der Waals surface area contributed by atoms with Gasteiger partial charge in [0.2, 0.25) is 0 Å². The Labute approximate surface area is 209 Å². The average Bonchev–Trinajstić information content (AvgIpc) is 3.30. The van der Waals surface area contributed by atoms with Gasteiger partial charge in [-0.1, -0.05) is 72.3 Å². The lowest BCUT2D eigenvalue weighted by Gasteiger charge is -2.15. The number of nitrogens with one attached hydrogen (secondary N) is 1. The van der Waals surface area contributed by atoms with Crippen LogP contribution in [0.3, 0.4) is 0 Å². The Balaban J connectivity index is 0.000000304. The molecule has 0 aromatic heterocycles. The van der Waals surface area contributed by atoms with Crippen LogP contribution in [0.25, 0.3) is 10.8 Å². The second kappa shape index (κ2) is 17.4. The van der Waals surface area contributed by atoms with Gasteiger partial charge in [0.05, 0.1) is 18.8 Å². The zero-order chi connectivity index (χ0) is 26.1. The van der Waals surface area contributed by atoms with Crippen molar-refractivity contribution in [3.63, 3.8) is 0 Å². The predicted octanol–water partition coefficient (Wildman–Crippen LogP) is 5.37. The van der Waals surface area contributed by atoms with Crippen LogP contribution in [0.5, 0.6) is 0 Å². The number of aryl methyl sites for hydroxylation is 1. The Morgan fingerprint density at radius 1 is 1.06 bits per heavy atom. The second-order valence-electron chi connectivity index (χ2n) is 8.22. The van der Waals surface area contributed by atoms with E-state index in [0.29, 0.717) is 13.0 Å². The van der Waals surface area contributed by atoms with Crippen molar-refractivity contribution >= 4 is 23.0 Å². The summed E-state index contributed by atoms with van der Waals surface area (Å²) in [4.78, 5) is 19.1. The molecule has 0 aliphatic carbocycles. The van der Waals surface area contributed by atoms with Gasteiger partial charge in [0.15, 0.2) is 0 Å². The fraction of sp³-hybridized carbons (Fsp3) is 0.379. The SMILES string of the molecule is CC(=O)O.CNC.COC[C@@H]1CC[C@H](c2cccc3ccccc23)O1.Cc1ccc(CC=O)cc1. The smallest absolute Gasteiger partial charge is 0.300 e. The highest BCUT2D eigenvalue weighted by Gasteiger charge is 2.27. The summed E-state index contributed by atoms with van der Waals surface area (Å²) in [6, 6.07) is 22.9. The van der Waals surface area contributed by atoms with Crippen LogP contribution in [0.15, 0.2) is 66.7 Å². The summed E-state index contributed by atoms with van der Waals surface area (Å²) in [6.07, 6.45) is 4.09. The molecule has 1 aliphatic heterocycles. The van der Waals surface area contributed by atoms with Crippen LogP contribution in [0, 0.1) is 6.92 Å². The largest absolute Gasteiger partial charge is 0.481 e. The molecule has 3 aromatic rings. The highest BCUT2D eigenvalue weighted by atomic mass is 16.5. The lowest BCUT2D eigenvalue weighted by molar-refractivity contribution is -0.134. The van der Waals surface area contributed by atoms with Crippen LogP contribution in [0.1, 0.15) is 42.6 Å². The van der Waals surface area contributed by atoms with Gasteiger partial charge in [-0.15, -0.1) is 0 Å². The Morgan fingerprint density at radius 2 is 1.66 bits per heavy atom. The third-order valence-electron chi connectivity index (χ3n) is 5.07. The maximum atomic E-state index is 10.1. The lowest BCUT2D eigenvalue weighted by Crippen LogP contribution is -2.13. The van der Waals surface area contributed by atoms with Crippen LogP contribution in [-0.4, -0.2) is 51.3 Å². The monoisotopic (exact) mass is 481 g/mol. The molecule has 35 heavy (non-hydrogen) atoms. The molecule has 1 saturated heterocycles. The topological polar surface area (TPSA) is 84.9 Å². The van der Waals surface area contributed by atoms with E-state index >= 15 is 0 Å². The molecule has 1 heterocycles. The van der Waals surface area contributed by atoms with E-state index in [9.17, 15) is 4.79 Å². The molecule has 0 unspecified atom stereocenters. The van der Waals surface area contributed by atoms with E-state index in [-0.39, 0.29) is 12.2 Å². The van der Waals surface area contributed by atoms with E-state index in [4.69, 9.17) is 19.4 Å². The van der Waals surface area contributed by atoms with Crippen molar-refractivity contribution in [2.75, 3.05) is 27.8 Å². The highest BCUT2D eigenvalue weighted by Crippen LogP contribution is 2.36. The van der Waals surface area contributed by atoms with E-state index in [1.807, 2.05) is 45.3 Å². The number of aliphatic carboxylic acids is 1. The van der Waals surface area contributed by atoms with Crippen molar-refractivity contribution in [3.05, 3.63) is 83.4 Å². The molecule has 6 nitrogen and oxygen atoms in total. The van der Waals surface area contributed by atoms with E-state index < -0.39 is 5.97 Å². The van der Waals surface area contributed by atoms with Crippen LogP contribution in [0.4, 0.5) is 0 Å². The number of methoxy groups -OCH3 is 1. The van der Waals surface area contributed by atoms with E-state index in [2.05, 4.69) is 47.8 Å². The number of hydrogen-bond acceptors (Lipinski definition) is 5. The van der Waals surface area contributed by atoms with Crippen molar-refractivity contribution in [1.82, 2.24) is 5.32 Å². The first-order valence-corrected chi connectivity index (χ1v) is 11.7. The quantitative estimate of drug-likeness (QED) is 0.477. The Kier molecular flexibility index (Phi) is 14.9. The molecular weight excluding hydrogens is 442 g/mol. The average molecular weight is 482 g/mol. The molecule has 1 fully saturated rings. The van der Waals surface area contributed by atoms with E-state index in [0.717, 1.165) is 31.6 Å². The fourth-order valence-corrected chi connectivity index (χ4v) is 3.59. The summed E-state index contributed by atoms with van der Waals surface area (Å²) in [6.45, 7) is 3.81. The molecule has 1 aliphatic rings. The van der Waals surface area contributed by atoms with E-state index in [1.165, 1.54) is 21.9 Å². The number of aldehydes is 1. The van der Waals surface area contributed by atoms with Gasteiger partial charge >= 0.3 is 0 Å². The van der Waals surface area contributed by atoms with Crippen molar-refractivity contribution in [3.8, 4) is 0 Å². The molecule has 4 rings (SSSR count). The lowest BCUT2D eigenvalue weighted by atomic mass is 9.99. The molecule has 6 heteroatoms. The zero-order valence-corrected chi connectivity index (χ0v) is 21.5. The fourth-order valence-electron chi connectivity index (χ4n) is 3.59. The summed E-state index contributed by atoms with van der Waals surface area (Å²) in [5.74, 6) is -0.833. The van der Waals surface area contributed by atoms with Gasteiger partial charge in [-0.05, 0) is 55.8 Å². The number of carboxylic acids is 1. The number of fused-ring (bicyclic) bond motifs is 1. The van der Waals surface area contributed by atoms with Gasteiger partial charge in [-0.3, -0.25) is 4.79 Å². The molecule has 0 radical (unpaired) electrons. The molecule has 2 N–H and O–H groups in total. The third kappa shape index (κ3) is 11.8. The predicted molar refractivity (Wildman–Crippen MR) is 142 cm³/mol. The van der Waals surface area contributed by atoms with E-state index in [1.54, 1.807) is 7.11 Å². The Morgan fingerprint density at radius 3 is 2.26 bits per heavy atom. The third-order valence-corrected chi connectivity index (χ3v) is 5.07. The molecule has 3 aromatic carbocycles. The number of carbonyl (C=O) groups is 2. The number of ether oxygens (including phenoxy) is 2. The van der Waals surface area contributed by atoms with Crippen LogP contribution >= 0.6 is 0 Å². The molecule has 0 bridgehead atoms. The van der Waals surface area contributed by atoms with Crippen molar-refractivity contribution in [1.29, 1.82) is 0 Å². The first-order chi connectivity index (χ1) is 16.9. The zero-order valence-electron chi connectivity index (χ0n) is 21.5. The molecule has 0 saturated carbocycles. The summed E-state index contributed by atoms with van der Waals surface area (Å²) >= 11 is 0. The minimum atomic E-state index is -0.833. The number of hydrogen-bond donors (Lipinski definition) is 2. The minimum absolute atomic E-state index is 0.219. The summed E-state index contributed by atoms with van der Waals surface area (Å²) in [7, 11) is 5.48. The van der Waals surface area contributed by atoms with Gasteiger partial charge in [0.1, 0.15) is 6.29 Å². The number of benzene rings is 3.